The number of esters is 1. The van der Waals surface area contributed by atoms with E-state index in [1.807, 2.05) is 36.4 Å². The van der Waals surface area contributed by atoms with Crippen LogP contribution in [0.15, 0.2) is 96.1 Å². The summed E-state index contributed by atoms with van der Waals surface area (Å²) in [4.78, 5) is 36.5. The number of para-hydroxylation sites is 1. The minimum Gasteiger partial charge on any atom is -0.423 e. The summed E-state index contributed by atoms with van der Waals surface area (Å²) >= 11 is 5.95. The highest BCUT2D eigenvalue weighted by molar-refractivity contribution is 6.41. The molecule has 4 rings (SSSR count). The number of nitrogens with zero attached hydrogens (tertiary/aromatic N) is 1. The molecule has 2 N–H and O–H groups in total. The third kappa shape index (κ3) is 5.46. The van der Waals surface area contributed by atoms with E-state index in [4.69, 9.17) is 16.3 Å². The molecule has 0 aliphatic carbocycles. The van der Waals surface area contributed by atoms with Gasteiger partial charge in [-0.25, -0.2) is 10.2 Å². The van der Waals surface area contributed by atoms with Gasteiger partial charge in [0, 0.05) is 0 Å². The van der Waals surface area contributed by atoms with Gasteiger partial charge in [-0.2, -0.15) is 5.10 Å². The molecular weight excluding hydrogens is 454 g/mol. The van der Waals surface area contributed by atoms with E-state index in [2.05, 4.69) is 15.8 Å². The van der Waals surface area contributed by atoms with Gasteiger partial charge in [-0.3, -0.25) is 9.59 Å². The molecule has 0 aliphatic heterocycles. The van der Waals surface area contributed by atoms with Gasteiger partial charge in [0.25, 0.3) is 0 Å². The molecule has 7 nitrogen and oxygen atoms in total. The van der Waals surface area contributed by atoms with Crippen LogP contribution in [0.5, 0.6) is 5.75 Å². The highest BCUT2D eigenvalue weighted by Crippen LogP contribution is 2.21. The molecule has 0 saturated carbocycles. The first-order valence-corrected chi connectivity index (χ1v) is 10.6. The first-order valence-electron chi connectivity index (χ1n) is 10.2. The van der Waals surface area contributed by atoms with Gasteiger partial charge < -0.3 is 10.1 Å². The van der Waals surface area contributed by atoms with E-state index in [1.165, 1.54) is 6.21 Å². The summed E-state index contributed by atoms with van der Waals surface area (Å²) in [6.07, 6.45) is 1.36. The Labute approximate surface area is 200 Å². The van der Waals surface area contributed by atoms with Crippen molar-refractivity contribution < 1.29 is 19.1 Å². The fourth-order valence-corrected chi connectivity index (χ4v) is 3.33. The summed E-state index contributed by atoms with van der Waals surface area (Å²) in [6.45, 7) is 0. The fourth-order valence-electron chi connectivity index (χ4n) is 3.15. The van der Waals surface area contributed by atoms with E-state index in [1.54, 1.807) is 54.6 Å². The zero-order chi connectivity index (χ0) is 23.9. The van der Waals surface area contributed by atoms with Gasteiger partial charge in [0.2, 0.25) is 0 Å². The first-order chi connectivity index (χ1) is 16.5. The van der Waals surface area contributed by atoms with Crippen molar-refractivity contribution in [3.8, 4) is 5.75 Å². The highest BCUT2D eigenvalue weighted by Gasteiger charge is 2.14. The Morgan fingerprint density at radius 3 is 2.29 bits per heavy atom. The zero-order valence-electron chi connectivity index (χ0n) is 17.7. The standard InChI is InChI=1S/C26H18ClN3O4/c27-22-10-3-4-11-23(22)29-24(31)25(32)30-28-16-17-12-14-19(15-13-17)34-26(33)21-9-5-7-18-6-1-2-8-20(18)21/h1-16H,(H,29,31)(H,30,32)/b28-16-. The molecule has 0 bridgehead atoms. The lowest BCUT2D eigenvalue weighted by molar-refractivity contribution is -0.136. The van der Waals surface area contributed by atoms with Crippen molar-refractivity contribution in [2.75, 3.05) is 5.32 Å². The molecule has 8 heteroatoms. The number of ether oxygens (including phenoxy) is 1. The topological polar surface area (TPSA) is 96.9 Å². The number of nitrogens with one attached hydrogen (secondary N) is 2. The minimum absolute atomic E-state index is 0.313. The molecule has 4 aromatic carbocycles. The van der Waals surface area contributed by atoms with E-state index in [0.717, 1.165) is 10.8 Å². The maximum atomic E-state index is 12.6. The van der Waals surface area contributed by atoms with Crippen molar-refractivity contribution >= 4 is 52.1 Å². The summed E-state index contributed by atoms with van der Waals surface area (Å²) < 4.78 is 5.49. The molecule has 0 aromatic heterocycles. The Bertz CT molecular complexity index is 1400. The Hall–Kier alpha value is -4.49. The van der Waals surface area contributed by atoms with Crippen LogP contribution < -0.4 is 15.5 Å². The van der Waals surface area contributed by atoms with Crippen LogP contribution in [-0.4, -0.2) is 24.0 Å². The van der Waals surface area contributed by atoms with Gasteiger partial charge >= 0.3 is 17.8 Å². The number of carbonyl (C=O) groups is 3. The van der Waals surface area contributed by atoms with Crippen molar-refractivity contribution in [1.29, 1.82) is 0 Å². The number of amides is 2. The zero-order valence-corrected chi connectivity index (χ0v) is 18.5. The van der Waals surface area contributed by atoms with Crippen molar-refractivity contribution in [2.45, 2.75) is 0 Å². The quantitative estimate of drug-likeness (QED) is 0.144. The van der Waals surface area contributed by atoms with Gasteiger partial charge in [-0.05, 0) is 58.8 Å². The predicted octanol–water partition coefficient (Wildman–Crippen LogP) is 4.80. The maximum Gasteiger partial charge on any atom is 0.344 e. The maximum absolute atomic E-state index is 12.6. The van der Waals surface area contributed by atoms with Crippen LogP contribution in [0.4, 0.5) is 5.69 Å². The fraction of sp³-hybridized carbons (Fsp3) is 0. The Kier molecular flexibility index (Phi) is 6.95. The lowest BCUT2D eigenvalue weighted by Gasteiger charge is -2.07. The average Bonchev–Trinajstić information content (AvgIpc) is 2.86. The van der Waals surface area contributed by atoms with Crippen molar-refractivity contribution in [2.24, 2.45) is 5.10 Å². The van der Waals surface area contributed by atoms with Crippen LogP contribution in [0.3, 0.4) is 0 Å². The SMILES string of the molecule is O=C(N/N=C\c1ccc(OC(=O)c2cccc3ccccc23)cc1)C(=O)Nc1ccccc1Cl. The molecule has 2 amide bonds. The van der Waals surface area contributed by atoms with Gasteiger partial charge in [0.05, 0.1) is 22.5 Å². The number of hydrogen-bond donors (Lipinski definition) is 2. The molecule has 0 saturated heterocycles. The number of carbonyl (C=O) groups excluding carboxylic acids is 3. The Balaban J connectivity index is 1.33. The number of fused-ring (bicyclic) bond motifs is 1. The van der Waals surface area contributed by atoms with E-state index in [0.29, 0.717) is 27.6 Å². The summed E-state index contributed by atoms with van der Waals surface area (Å²) in [5, 5.41) is 8.25. The van der Waals surface area contributed by atoms with E-state index >= 15 is 0 Å². The van der Waals surface area contributed by atoms with Crippen LogP contribution in [0.2, 0.25) is 5.02 Å². The largest absolute Gasteiger partial charge is 0.423 e. The van der Waals surface area contributed by atoms with Gasteiger partial charge in [0.1, 0.15) is 5.75 Å². The molecule has 0 fully saturated rings. The summed E-state index contributed by atoms with van der Waals surface area (Å²) in [5.74, 6) is -1.95. The number of anilines is 1. The number of hydrogen-bond acceptors (Lipinski definition) is 5. The molecule has 0 unspecified atom stereocenters. The second-order valence-electron chi connectivity index (χ2n) is 7.12. The Morgan fingerprint density at radius 1 is 0.794 bits per heavy atom. The molecule has 4 aromatic rings. The number of hydrazone groups is 1. The molecule has 0 spiro atoms. The van der Waals surface area contributed by atoms with Crippen LogP contribution in [0.1, 0.15) is 15.9 Å². The Morgan fingerprint density at radius 2 is 1.50 bits per heavy atom. The lowest BCUT2D eigenvalue weighted by Crippen LogP contribution is -2.32. The average molecular weight is 472 g/mol. The molecule has 0 radical (unpaired) electrons. The summed E-state index contributed by atoms with van der Waals surface area (Å²) in [5.41, 5.74) is 3.56. The van der Waals surface area contributed by atoms with Crippen LogP contribution in [0.25, 0.3) is 10.8 Å². The molecule has 0 atom stereocenters. The molecular formula is C26H18ClN3O4. The summed E-state index contributed by atoms with van der Waals surface area (Å²) in [6, 6.07) is 26.1. The number of benzene rings is 4. The third-order valence-corrected chi connectivity index (χ3v) is 5.14. The van der Waals surface area contributed by atoms with Crippen molar-refractivity contribution in [3.63, 3.8) is 0 Å². The molecule has 0 aliphatic rings. The number of halogens is 1. The second-order valence-corrected chi connectivity index (χ2v) is 7.53. The van der Waals surface area contributed by atoms with Crippen LogP contribution in [0, 0.1) is 0 Å². The number of rotatable bonds is 5. The lowest BCUT2D eigenvalue weighted by atomic mass is 10.0. The van der Waals surface area contributed by atoms with Gasteiger partial charge in [-0.15, -0.1) is 0 Å². The van der Waals surface area contributed by atoms with Crippen LogP contribution >= 0.6 is 11.6 Å². The summed E-state index contributed by atoms with van der Waals surface area (Å²) in [7, 11) is 0. The van der Waals surface area contributed by atoms with E-state index in [-0.39, 0.29) is 0 Å². The monoisotopic (exact) mass is 471 g/mol. The second kappa shape index (κ2) is 10.4. The van der Waals surface area contributed by atoms with Crippen molar-refractivity contribution in [1.82, 2.24) is 5.43 Å². The van der Waals surface area contributed by atoms with E-state index in [9.17, 15) is 14.4 Å². The normalized spacial score (nSPS) is 10.7. The highest BCUT2D eigenvalue weighted by atomic mass is 35.5. The molecule has 168 valence electrons. The molecule has 0 heterocycles. The van der Waals surface area contributed by atoms with E-state index < -0.39 is 17.8 Å². The van der Waals surface area contributed by atoms with Crippen LogP contribution in [-0.2, 0) is 9.59 Å². The smallest absolute Gasteiger partial charge is 0.344 e. The minimum atomic E-state index is -0.947. The molecule has 34 heavy (non-hydrogen) atoms. The predicted molar refractivity (Wildman–Crippen MR) is 131 cm³/mol. The van der Waals surface area contributed by atoms with Gasteiger partial charge in [0.15, 0.2) is 0 Å². The first kappa shape index (κ1) is 22.7. The van der Waals surface area contributed by atoms with Crippen molar-refractivity contribution in [3.05, 3.63) is 107 Å². The van der Waals surface area contributed by atoms with Gasteiger partial charge in [-0.1, -0.05) is 60.1 Å². The third-order valence-electron chi connectivity index (χ3n) is 4.81.